The van der Waals surface area contributed by atoms with Crippen molar-refractivity contribution in [3.05, 3.63) is 35.3 Å². The van der Waals surface area contributed by atoms with Crippen molar-refractivity contribution in [2.24, 2.45) is 11.7 Å². The molecule has 0 aliphatic heterocycles. The Kier molecular flexibility index (Phi) is 6.16. The highest BCUT2D eigenvalue weighted by Gasteiger charge is 2.26. The topological polar surface area (TPSA) is 68.0 Å². The summed E-state index contributed by atoms with van der Waals surface area (Å²) in [5.41, 5.74) is 7.94. The summed E-state index contributed by atoms with van der Waals surface area (Å²) in [5.74, 6) is 0.359. The molecule has 1 aliphatic carbocycles. The average Bonchev–Trinajstić information content (AvgIpc) is 3.06. The van der Waals surface area contributed by atoms with E-state index >= 15 is 0 Å². The number of hydrogen-bond acceptors (Lipinski definition) is 4. The first-order valence-electron chi connectivity index (χ1n) is 7.72. The van der Waals surface area contributed by atoms with Crippen molar-refractivity contribution in [3.8, 4) is 11.3 Å². The molecule has 1 aromatic carbocycles. The van der Waals surface area contributed by atoms with Gasteiger partial charge in [-0.15, -0.1) is 23.7 Å². The molecule has 0 spiro atoms. The SMILES string of the molecule is Cc1nc(-c2ccccc2)c(NC(=O)C[C@@H]2CCC[C@H]2N)s1.Cl. The zero-order valence-corrected chi connectivity index (χ0v) is 14.8. The zero-order chi connectivity index (χ0) is 15.5. The molecular formula is C17H22ClN3OS. The van der Waals surface area contributed by atoms with Gasteiger partial charge < -0.3 is 11.1 Å². The number of aromatic nitrogens is 1. The molecule has 3 N–H and O–H groups in total. The van der Waals surface area contributed by atoms with Crippen molar-refractivity contribution in [3.63, 3.8) is 0 Å². The molecule has 1 aromatic heterocycles. The summed E-state index contributed by atoms with van der Waals surface area (Å²) in [7, 11) is 0. The van der Waals surface area contributed by atoms with Crippen LogP contribution in [0.4, 0.5) is 5.00 Å². The average molecular weight is 352 g/mol. The van der Waals surface area contributed by atoms with E-state index in [1.165, 1.54) is 11.3 Å². The Bertz CT molecular complexity index is 659. The summed E-state index contributed by atoms with van der Waals surface area (Å²) in [4.78, 5) is 16.9. The van der Waals surface area contributed by atoms with E-state index in [-0.39, 0.29) is 24.4 Å². The fraction of sp³-hybridized carbons (Fsp3) is 0.412. The molecule has 1 amide bonds. The Morgan fingerprint density at radius 3 is 2.74 bits per heavy atom. The maximum Gasteiger partial charge on any atom is 0.225 e. The normalized spacial score (nSPS) is 20.1. The van der Waals surface area contributed by atoms with Crippen molar-refractivity contribution >= 4 is 34.7 Å². The maximum absolute atomic E-state index is 12.3. The van der Waals surface area contributed by atoms with E-state index in [0.29, 0.717) is 12.3 Å². The van der Waals surface area contributed by atoms with Gasteiger partial charge in [0.05, 0.1) is 5.01 Å². The van der Waals surface area contributed by atoms with Crippen LogP contribution in [0.2, 0.25) is 0 Å². The molecule has 1 saturated carbocycles. The molecule has 1 fully saturated rings. The summed E-state index contributed by atoms with van der Waals surface area (Å²) in [6.45, 7) is 1.96. The monoisotopic (exact) mass is 351 g/mol. The van der Waals surface area contributed by atoms with Crippen LogP contribution in [-0.2, 0) is 4.79 Å². The Morgan fingerprint density at radius 2 is 2.09 bits per heavy atom. The van der Waals surface area contributed by atoms with E-state index < -0.39 is 0 Å². The van der Waals surface area contributed by atoms with Crippen molar-refractivity contribution in [2.45, 2.75) is 38.6 Å². The second-order valence-corrected chi connectivity index (χ2v) is 7.09. The van der Waals surface area contributed by atoms with Crippen LogP contribution in [0.15, 0.2) is 30.3 Å². The molecule has 0 radical (unpaired) electrons. The molecule has 124 valence electrons. The first kappa shape index (κ1) is 17.9. The van der Waals surface area contributed by atoms with E-state index in [2.05, 4.69) is 10.3 Å². The lowest BCUT2D eigenvalue weighted by atomic mass is 10.00. The number of aryl methyl sites for hydroxylation is 1. The zero-order valence-electron chi connectivity index (χ0n) is 13.1. The summed E-state index contributed by atoms with van der Waals surface area (Å²) < 4.78 is 0. The van der Waals surface area contributed by atoms with Gasteiger partial charge in [0.1, 0.15) is 10.7 Å². The number of hydrogen-bond donors (Lipinski definition) is 2. The molecule has 0 saturated heterocycles. The number of nitrogens with zero attached hydrogens (tertiary/aromatic N) is 1. The Morgan fingerprint density at radius 1 is 1.35 bits per heavy atom. The van der Waals surface area contributed by atoms with Crippen LogP contribution in [0.1, 0.15) is 30.7 Å². The number of thiazole rings is 1. The van der Waals surface area contributed by atoms with Crippen LogP contribution in [0, 0.1) is 12.8 Å². The van der Waals surface area contributed by atoms with Gasteiger partial charge in [-0.3, -0.25) is 4.79 Å². The van der Waals surface area contributed by atoms with Crippen LogP contribution in [0.25, 0.3) is 11.3 Å². The summed E-state index contributed by atoms with van der Waals surface area (Å²) in [6.07, 6.45) is 3.73. The number of carbonyl (C=O) groups excluding carboxylic acids is 1. The minimum atomic E-state index is 0. The van der Waals surface area contributed by atoms with Crippen LogP contribution in [-0.4, -0.2) is 16.9 Å². The van der Waals surface area contributed by atoms with Gasteiger partial charge in [-0.25, -0.2) is 4.98 Å². The third-order valence-electron chi connectivity index (χ3n) is 4.20. The first-order chi connectivity index (χ1) is 10.6. The lowest BCUT2D eigenvalue weighted by Crippen LogP contribution is -2.28. The summed E-state index contributed by atoms with van der Waals surface area (Å²) >= 11 is 1.52. The molecule has 6 heteroatoms. The number of carbonyl (C=O) groups is 1. The minimum absolute atomic E-state index is 0. The number of nitrogens with two attached hydrogens (primary N) is 1. The molecule has 2 atom stereocenters. The van der Waals surface area contributed by atoms with E-state index in [4.69, 9.17) is 5.73 Å². The van der Waals surface area contributed by atoms with Gasteiger partial charge in [0, 0.05) is 18.0 Å². The second-order valence-electron chi connectivity index (χ2n) is 5.88. The highest BCUT2D eigenvalue weighted by atomic mass is 35.5. The Balaban J connectivity index is 0.00000192. The highest BCUT2D eigenvalue weighted by molar-refractivity contribution is 7.16. The molecular weight excluding hydrogens is 330 g/mol. The van der Waals surface area contributed by atoms with Gasteiger partial charge in [-0.05, 0) is 25.7 Å². The number of nitrogens with one attached hydrogen (secondary N) is 1. The van der Waals surface area contributed by atoms with Crippen molar-refractivity contribution in [1.29, 1.82) is 0 Å². The van der Waals surface area contributed by atoms with E-state index in [1.807, 2.05) is 37.3 Å². The molecule has 0 unspecified atom stereocenters. The quantitative estimate of drug-likeness (QED) is 0.874. The smallest absolute Gasteiger partial charge is 0.225 e. The van der Waals surface area contributed by atoms with Crippen molar-refractivity contribution in [2.75, 3.05) is 5.32 Å². The second kappa shape index (κ2) is 7.90. The van der Waals surface area contributed by atoms with E-state index in [0.717, 1.165) is 40.5 Å². The van der Waals surface area contributed by atoms with Crippen molar-refractivity contribution in [1.82, 2.24) is 4.98 Å². The molecule has 4 nitrogen and oxygen atoms in total. The van der Waals surface area contributed by atoms with Crippen LogP contribution >= 0.6 is 23.7 Å². The van der Waals surface area contributed by atoms with Gasteiger partial charge in [0.15, 0.2) is 0 Å². The fourth-order valence-electron chi connectivity index (χ4n) is 3.04. The number of amides is 1. The third-order valence-corrected chi connectivity index (χ3v) is 5.09. The van der Waals surface area contributed by atoms with Gasteiger partial charge in [-0.1, -0.05) is 36.8 Å². The van der Waals surface area contributed by atoms with Gasteiger partial charge in [0.25, 0.3) is 0 Å². The van der Waals surface area contributed by atoms with E-state index in [9.17, 15) is 4.79 Å². The van der Waals surface area contributed by atoms with Crippen LogP contribution < -0.4 is 11.1 Å². The van der Waals surface area contributed by atoms with Gasteiger partial charge in [0.2, 0.25) is 5.91 Å². The largest absolute Gasteiger partial charge is 0.327 e. The Labute approximate surface area is 146 Å². The predicted octanol–water partition coefficient (Wildman–Crippen LogP) is 4.00. The Hall–Kier alpha value is -1.43. The summed E-state index contributed by atoms with van der Waals surface area (Å²) in [6, 6.07) is 10.1. The number of halogens is 1. The minimum Gasteiger partial charge on any atom is -0.327 e. The van der Waals surface area contributed by atoms with Crippen LogP contribution in [0.3, 0.4) is 0 Å². The van der Waals surface area contributed by atoms with Crippen molar-refractivity contribution < 1.29 is 4.79 Å². The summed E-state index contributed by atoms with van der Waals surface area (Å²) in [5, 5.41) is 4.82. The molecule has 0 bridgehead atoms. The van der Waals surface area contributed by atoms with Gasteiger partial charge >= 0.3 is 0 Å². The van der Waals surface area contributed by atoms with Gasteiger partial charge in [-0.2, -0.15) is 0 Å². The number of benzene rings is 1. The number of anilines is 1. The maximum atomic E-state index is 12.3. The standard InChI is InChI=1S/C17H21N3OS.ClH/c1-11-19-16(12-6-3-2-4-7-12)17(22-11)20-15(21)10-13-8-5-9-14(13)18;/h2-4,6-7,13-14H,5,8-10,18H2,1H3,(H,20,21);1H/t13-,14+;/m0./s1. The molecule has 23 heavy (non-hydrogen) atoms. The van der Waals surface area contributed by atoms with Crippen LogP contribution in [0.5, 0.6) is 0 Å². The number of rotatable bonds is 4. The first-order valence-corrected chi connectivity index (χ1v) is 8.53. The molecule has 1 heterocycles. The lowest BCUT2D eigenvalue weighted by Gasteiger charge is -2.14. The lowest BCUT2D eigenvalue weighted by molar-refractivity contribution is -0.117. The molecule has 2 aromatic rings. The fourth-order valence-corrected chi connectivity index (χ4v) is 3.90. The highest BCUT2D eigenvalue weighted by Crippen LogP contribution is 2.33. The van der Waals surface area contributed by atoms with E-state index in [1.54, 1.807) is 0 Å². The molecule has 1 aliphatic rings. The predicted molar refractivity (Wildman–Crippen MR) is 98.1 cm³/mol. The third kappa shape index (κ3) is 4.31. The molecule has 3 rings (SSSR count).